The van der Waals surface area contributed by atoms with Gasteiger partial charge in [0.25, 0.3) is 11.8 Å². The van der Waals surface area contributed by atoms with Crippen molar-refractivity contribution in [2.45, 2.75) is 64.1 Å². The molecule has 4 rings (SSSR count). The molecule has 1 atom stereocenters. The fraction of sp³-hybridized carbons (Fsp3) is 0.750. The summed E-state index contributed by atoms with van der Waals surface area (Å²) in [6, 6.07) is 1.72. The Morgan fingerprint density at radius 2 is 1.88 bits per heavy atom. The van der Waals surface area contributed by atoms with Crippen LogP contribution in [0, 0.1) is 0 Å². The molecule has 10 heteroatoms. The minimum atomic E-state index is -1.04. The number of piperazine rings is 1. The maximum atomic E-state index is 13.2. The van der Waals surface area contributed by atoms with Crippen LogP contribution in [0.3, 0.4) is 0 Å². The lowest BCUT2D eigenvalue weighted by Crippen LogP contribution is -2.64. The average Bonchev–Trinajstić information content (AvgIpc) is 3.48. The van der Waals surface area contributed by atoms with Crippen molar-refractivity contribution in [2.75, 3.05) is 52.9 Å². The highest BCUT2D eigenvalue weighted by molar-refractivity contribution is 6.01. The van der Waals surface area contributed by atoms with Gasteiger partial charge in [-0.3, -0.25) is 19.1 Å². The van der Waals surface area contributed by atoms with E-state index >= 15 is 0 Å². The third kappa shape index (κ3) is 5.12. The molecule has 34 heavy (non-hydrogen) atoms. The van der Waals surface area contributed by atoms with E-state index in [1.54, 1.807) is 17.9 Å². The summed E-state index contributed by atoms with van der Waals surface area (Å²) in [6.45, 7) is 10.1. The molecule has 1 aliphatic carbocycles. The second-order valence-electron chi connectivity index (χ2n) is 10.1. The lowest BCUT2D eigenvalue weighted by molar-refractivity contribution is -0.133. The number of likely N-dealkylation sites (N-methyl/N-ethyl adjacent to an activating group) is 2. The molecule has 3 aliphatic rings. The van der Waals surface area contributed by atoms with Crippen molar-refractivity contribution >= 4 is 17.7 Å². The maximum absolute atomic E-state index is 13.2. The zero-order valence-corrected chi connectivity index (χ0v) is 20.8. The van der Waals surface area contributed by atoms with Gasteiger partial charge in [-0.2, -0.15) is 5.10 Å². The van der Waals surface area contributed by atoms with E-state index in [1.165, 1.54) is 4.68 Å². The molecule has 2 fully saturated rings. The summed E-state index contributed by atoms with van der Waals surface area (Å²) < 4.78 is 1.53. The van der Waals surface area contributed by atoms with E-state index in [-0.39, 0.29) is 36.0 Å². The lowest BCUT2D eigenvalue weighted by atomic mass is 9.94. The normalized spacial score (nSPS) is 24.3. The highest BCUT2D eigenvalue weighted by Crippen LogP contribution is 2.28. The number of carbonyl (C=O) groups excluding carboxylic acids is 3. The molecule has 2 N–H and O–H groups in total. The molecule has 3 heterocycles. The van der Waals surface area contributed by atoms with E-state index < -0.39 is 5.54 Å². The molecule has 1 saturated carbocycles. The van der Waals surface area contributed by atoms with E-state index in [4.69, 9.17) is 0 Å². The van der Waals surface area contributed by atoms with Crippen LogP contribution >= 0.6 is 0 Å². The SMILES string of the molecule is CCN1C(=O)c2cc(C(=O)NCCCN3CCN(C)CC3)nn2C[C@]1(C)C(=O)NC1CCCC1. The van der Waals surface area contributed by atoms with Crippen LogP contribution in [-0.4, -0.2) is 107 Å². The van der Waals surface area contributed by atoms with E-state index in [9.17, 15) is 14.4 Å². The minimum Gasteiger partial charge on any atom is -0.351 e. The largest absolute Gasteiger partial charge is 0.351 e. The Balaban J connectivity index is 1.36. The summed E-state index contributed by atoms with van der Waals surface area (Å²) in [6.07, 6.45) is 5.07. The predicted molar refractivity (Wildman–Crippen MR) is 129 cm³/mol. The summed E-state index contributed by atoms with van der Waals surface area (Å²) in [5.74, 6) is -0.696. The fourth-order valence-electron chi connectivity index (χ4n) is 5.32. The molecular weight excluding hydrogens is 434 g/mol. The van der Waals surface area contributed by atoms with Crippen LogP contribution in [0.25, 0.3) is 0 Å². The zero-order chi connectivity index (χ0) is 24.3. The van der Waals surface area contributed by atoms with E-state index in [0.717, 1.165) is 64.8 Å². The number of hydrogen-bond donors (Lipinski definition) is 2. The molecule has 3 amide bonds. The molecule has 0 unspecified atom stereocenters. The molecule has 10 nitrogen and oxygen atoms in total. The average molecular weight is 474 g/mol. The number of rotatable bonds is 8. The van der Waals surface area contributed by atoms with Crippen LogP contribution in [0.5, 0.6) is 0 Å². The van der Waals surface area contributed by atoms with Crippen molar-refractivity contribution in [3.63, 3.8) is 0 Å². The smallest absolute Gasteiger partial charge is 0.273 e. The van der Waals surface area contributed by atoms with Gasteiger partial charge in [-0.1, -0.05) is 12.8 Å². The molecule has 0 spiro atoms. The summed E-state index contributed by atoms with van der Waals surface area (Å²) in [7, 11) is 2.14. The van der Waals surface area contributed by atoms with Gasteiger partial charge in [0.1, 0.15) is 11.2 Å². The van der Waals surface area contributed by atoms with Crippen LogP contribution in [-0.2, 0) is 11.3 Å². The molecule has 1 saturated heterocycles. The Bertz CT molecular complexity index is 902. The number of fused-ring (bicyclic) bond motifs is 1. The Hall–Kier alpha value is -2.46. The Morgan fingerprint density at radius 3 is 2.56 bits per heavy atom. The first kappa shape index (κ1) is 24.7. The first-order valence-corrected chi connectivity index (χ1v) is 12.7. The number of nitrogens with zero attached hydrogens (tertiary/aromatic N) is 5. The number of nitrogens with one attached hydrogen (secondary N) is 2. The van der Waals surface area contributed by atoms with Crippen molar-refractivity contribution in [1.82, 2.24) is 35.1 Å². The van der Waals surface area contributed by atoms with E-state index in [2.05, 4.69) is 32.6 Å². The Labute approximate surface area is 202 Å². The number of carbonyl (C=O) groups is 3. The van der Waals surface area contributed by atoms with Crippen molar-refractivity contribution < 1.29 is 14.4 Å². The summed E-state index contributed by atoms with van der Waals surface area (Å²) >= 11 is 0. The van der Waals surface area contributed by atoms with E-state index in [1.807, 2.05) is 6.92 Å². The Kier molecular flexibility index (Phi) is 7.57. The van der Waals surface area contributed by atoms with Crippen molar-refractivity contribution in [3.8, 4) is 0 Å². The molecule has 2 aliphatic heterocycles. The van der Waals surface area contributed by atoms with Crippen molar-refractivity contribution in [3.05, 3.63) is 17.5 Å². The molecule has 1 aromatic rings. The monoisotopic (exact) mass is 473 g/mol. The minimum absolute atomic E-state index is 0.148. The first-order valence-electron chi connectivity index (χ1n) is 12.7. The van der Waals surface area contributed by atoms with E-state index in [0.29, 0.717) is 18.8 Å². The van der Waals surface area contributed by atoms with Crippen LogP contribution in [0.4, 0.5) is 0 Å². The van der Waals surface area contributed by atoms with Crippen LogP contribution < -0.4 is 10.6 Å². The highest BCUT2D eigenvalue weighted by atomic mass is 16.2. The second kappa shape index (κ2) is 10.4. The van der Waals surface area contributed by atoms with Gasteiger partial charge in [-0.05, 0) is 46.7 Å². The van der Waals surface area contributed by atoms with Gasteiger partial charge in [0.15, 0.2) is 5.69 Å². The lowest BCUT2D eigenvalue weighted by Gasteiger charge is -2.43. The summed E-state index contributed by atoms with van der Waals surface area (Å²) in [5, 5.41) is 10.5. The predicted octanol–water partition coefficient (Wildman–Crippen LogP) is 0.544. The fourth-order valence-corrected chi connectivity index (χ4v) is 5.32. The van der Waals surface area contributed by atoms with Crippen molar-refractivity contribution in [2.24, 2.45) is 0 Å². The van der Waals surface area contributed by atoms with Gasteiger partial charge >= 0.3 is 0 Å². The van der Waals surface area contributed by atoms with Gasteiger partial charge < -0.3 is 25.3 Å². The number of aromatic nitrogens is 2. The van der Waals surface area contributed by atoms with Gasteiger partial charge in [0.05, 0.1) is 6.54 Å². The molecule has 1 aromatic heterocycles. The topological polar surface area (TPSA) is 103 Å². The molecular formula is C24H39N7O3. The highest BCUT2D eigenvalue weighted by Gasteiger charge is 2.48. The Morgan fingerprint density at radius 1 is 1.18 bits per heavy atom. The van der Waals surface area contributed by atoms with Crippen molar-refractivity contribution in [1.29, 1.82) is 0 Å². The molecule has 0 bridgehead atoms. The third-order valence-electron chi connectivity index (χ3n) is 7.56. The first-order chi connectivity index (χ1) is 16.3. The van der Waals surface area contributed by atoms with Gasteiger partial charge in [-0.25, -0.2) is 0 Å². The quantitative estimate of drug-likeness (QED) is 0.535. The van der Waals surface area contributed by atoms with Crippen LogP contribution in [0.15, 0.2) is 6.07 Å². The zero-order valence-electron chi connectivity index (χ0n) is 20.8. The van der Waals surface area contributed by atoms with Gasteiger partial charge in [0, 0.05) is 51.4 Å². The van der Waals surface area contributed by atoms with Crippen LogP contribution in [0.1, 0.15) is 66.9 Å². The van der Waals surface area contributed by atoms with Gasteiger partial charge in [-0.15, -0.1) is 0 Å². The molecule has 188 valence electrons. The summed E-state index contributed by atoms with van der Waals surface area (Å²) in [5.41, 5.74) is -0.459. The standard InChI is InChI=1S/C24H39N7O3/c1-4-30-22(33)20-16-19(21(32)25-10-7-11-29-14-12-28(3)13-15-29)27-31(20)17-24(30,2)23(34)26-18-8-5-6-9-18/h16,18H,4-15,17H2,1-3H3,(H,25,32)(H,26,34)/t24-/m1/s1. The molecule has 0 radical (unpaired) electrons. The van der Waals surface area contributed by atoms with Gasteiger partial charge in [0.2, 0.25) is 5.91 Å². The maximum Gasteiger partial charge on any atom is 0.273 e. The number of amides is 3. The summed E-state index contributed by atoms with van der Waals surface area (Å²) in [4.78, 5) is 45.5. The third-order valence-corrected chi connectivity index (χ3v) is 7.56. The molecule has 0 aromatic carbocycles. The second-order valence-corrected chi connectivity index (χ2v) is 10.1. The number of hydrogen-bond acceptors (Lipinski definition) is 6. The van der Waals surface area contributed by atoms with Crippen LogP contribution in [0.2, 0.25) is 0 Å².